The van der Waals surface area contributed by atoms with Gasteiger partial charge in [-0.1, -0.05) is 11.6 Å². The second-order valence-corrected chi connectivity index (χ2v) is 10.1. The maximum atomic E-state index is 9.69. The van der Waals surface area contributed by atoms with Gasteiger partial charge in [0.05, 0.1) is 34.2 Å². The van der Waals surface area contributed by atoms with E-state index in [2.05, 4.69) is 59.6 Å². The number of imidazole rings is 1. The summed E-state index contributed by atoms with van der Waals surface area (Å²) in [6.07, 6.45) is 3.61. The van der Waals surface area contributed by atoms with Crippen LogP contribution >= 0.6 is 11.6 Å². The summed E-state index contributed by atoms with van der Waals surface area (Å²) in [4.78, 5) is 16.0. The zero-order valence-electron chi connectivity index (χ0n) is 19.9. The number of rotatable bonds is 6. The molecule has 0 bridgehead atoms. The van der Waals surface area contributed by atoms with Crippen LogP contribution in [0.4, 0.5) is 23.1 Å². The van der Waals surface area contributed by atoms with E-state index in [1.54, 1.807) is 6.07 Å². The Kier molecular flexibility index (Phi) is 5.76. The standard InChI is InChI=1S/C24H26ClN11/c1-33-4-6-34(7-5-33)18-13-35(14-18)20-9-15(10-26)8-19(21(20)25)30-24-31-22(29-16-2-3-16)23-28-12-17(11-27)36(23)32-24/h8-9,12,16,18H,2-7,13-14H2,1H3,(H2,29,30,31,32). The molecule has 3 fully saturated rings. The molecule has 2 N–H and O–H groups in total. The average Bonchev–Trinajstić information content (AvgIpc) is 3.57. The van der Waals surface area contributed by atoms with E-state index in [1.165, 1.54) is 10.7 Å². The molecule has 184 valence electrons. The van der Waals surface area contributed by atoms with E-state index in [-0.39, 0.29) is 5.95 Å². The van der Waals surface area contributed by atoms with Crippen molar-refractivity contribution >= 4 is 40.4 Å². The van der Waals surface area contributed by atoms with Gasteiger partial charge in [0, 0.05) is 51.4 Å². The molecule has 4 heterocycles. The van der Waals surface area contributed by atoms with Gasteiger partial charge < -0.3 is 20.4 Å². The molecule has 1 saturated carbocycles. The first-order valence-electron chi connectivity index (χ1n) is 12.1. The van der Waals surface area contributed by atoms with Crippen molar-refractivity contribution in [1.29, 1.82) is 10.5 Å². The lowest BCUT2D eigenvalue weighted by molar-refractivity contribution is 0.0963. The van der Waals surface area contributed by atoms with Gasteiger partial charge >= 0.3 is 0 Å². The Balaban J connectivity index is 1.27. The topological polar surface area (TPSA) is 124 Å². The highest BCUT2D eigenvalue weighted by Gasteiger charge is 2.34. The monoisotopic (exact) mass is 503 g/mol. The number of nitrogens with zero attached hydrogens (tertiary/aromatic N) is 9. The predicted molar refractivity (Wildman–Crippen MR) is 137 cm³/mol. The second kappa shape index (κ2) is 9.10. The molecule has 1 aliphatic carbocycles. The molecular weight excluding hydrogens is 478 g/mol. The zero-order chi connectivity index (χ0) is 24.8. The Morgan fingerprint density at radius 1 is 1.08 bits per heavy atom. The van der Waals surface area contributed by atoms with Gasteiger partial charge in [0.2, 0.25) is 5.95 Å². The number of benzene rings is 1. The molecule has 3 aliphatic rings. The maximum absolute atomic E-state index is 9.69. The predicted octanol–water partition coefficient (Wildman–Crippen LogP) is 2.27. The highest BCUT2D eigenvalue weighted by Crippen LogP contribution is 2.38. The zero-order valence-corrected chi connectivity index (χ0v) is 20.7. The first kappa shape index (κ1) is 22.8. The molecule has 36 heavy (non-hydrogen) atoms. The largest absolute Gasteiger partial charge is 0.367 e. The van der Waals surface area contributed by atoms with E-state index in [9.17, 15) is 10.5 Å². The Bertz CT molecular complexity index is 1390. The summed E-state index contributed by atoms with van der Waals surface area (Å²) in [7, 11) is 2.16. The van der Waals surface area contributed by atoms with E-state index in [0.29, 0.717) is 45.5 Å². The highest BCUT2D eigenvalue weighted by molar-refractivity contribution is 6.36. The number of likely N-dealkylation sites (N-methyl/N-ethyl adjacent to an activating group) is 1. The third kappa shape index (κ3) is 4.26. The SMILES string of the molecule is CN1CCN(C2CN(c3cc(C#N)cc(Nc4nc(NC5CC5)c5ncc(C#N)n5n4)c3Cl)C2)CC1. The van der Waals surface area contributed by atoms with Crippen molar-refractivity contribution in [2.45, 2.75) is 24.9 Å². The van der Waals surface area contributed by atoms with Crippen molar-refractivity contribution in [1.82, 2.24) is 29.4 Å². The first-order chi connectivity index (χ1) is 17.5. The summed E-state index contributed by atoms with van der Waals surface area (Å²) in [6, 6.07) is 8.72. The van der Waals surface area contributed by atoms with Gasteiger partial charge in [-0.25, -0.2) is 4.98 Å². The van der Waals surface area contributed by atoms with Gasteiger partial charge in [-0.05, 0) is 32.0 Å². The number of aromatic nitrogens is 4. The fourth-order valence-electron chi connectivity index (χ4n) is 4.71. The number of anilines is 4. The summed E-state index contributed by atoms with van der Waals surface area (Å²) in [6.45, 7) is 6.06. The maximum Gasteiger partial charge on any atom is 0.247 e. The summed E-state index contributed by atoms with van der Waals surface area (Å²) in [5.74, 6) is 0.823. The van der Waals surface area contributed by atoms with Crippen LogP contribution in [0.5, 0.6) is 0 Å². The van der Waals surface area contributed by atoms with E-state index < -0.39 is 0 Å². The van der Waals surface area contributed by atoms with Gasteiger partial charge in [0.25, 0.3) is 0 Å². The van der Waals surface area contributed by atoms with Crippen molar-refractivity contribution in [3.63, 3.8) is 0 Å². The van der Waals surface area contributed by atoms with Crippen LogP contribution in [0.25, 0.3) is 5.65 Å². The van der Waals surface area contributed by atoms with Gasteiger partial charge in [-0.3, -0.25) is 4.90 Å². The van der Waals surface area contributed by atoms with E-state index in [0.717, 1.165) is 57.8 Å². The summed E-state index contributed by atoms with van der Waals surface area (Å²) in [5.41, 5.74) is 2.67. The number of hydrogen-bond acceptors (Lipinski definition) is 10. The molecule has 0 atom stereocenters. The third-order valence-electron chi connectivity index (χ3n) is 7.08. The van der Waals surface area contributed by atoms with Crippen molar-refractivity contribution in [3.8, 4) is 12.1 Å². The molecule has 12 heteroatoms. The molecule has 2 aromatic heterocycles. The minimum atomic E-state index is 0.266. The summed E-state index contributed by atoms with van der Waals surface area (Å²) >= 11 is 6.86. The highest BCUT2D eigenvalue weighted by atomic mass is 35.5. The van der Waals surface area contributed by atoms with Gasteiger partial charge in [-0.2, -0.15) is 20.0 Å². The molecule has 0 radical (unpaired) electrons. The Morgan fingerprint density at radius 3 is 2.56 bits per heavy atom. The normalized spacial score (nSPS) is 19.1. The van der Waals surface area contributed by atoms with Crippen LogP contribution < -0.4 is 15.5 Å². The Labute approximate surface area is 213 Å². The Morgan fingerprint density at radius 2 is 1.86 bits per heavy atom. The smallest absolute Gasteiger partial charge is 0.247 e. The van der Waals surface area contributed by atoms with Crippen LogP contribution in [0.1, 0.15) is 24.1 Å². The second-order valence-electron chi connectivity index (χ2n) is 9.69. The molecule has 2 aliphatic heterocycles. The third-order valence-corrected chi connectivity index (χ3v) is 7.48. The number of nitriles is 2. The summed E-state index contributed by atoms with van der Waals surface area (Å²) < 4.78 is 1.47. The van der Waals surface area contributed by atoms with Crippen LogP contribution in [0.2, 0.25) is 5.02 Å². The molecule has 1 aromatic carbocycles. The van der Waals surface area contributed by atoms with E-state index in [1.807, 2.05) is 6.07 Å². The molecular formula is C24H26ClN11. The lowest BCUT2D eigenvalue weighted by Crippen LogP contribution is -2.63. The summed E-state index contributed by atoms with van der Waals surface area (Å²) in [5, 5.41) is 30.7. The van der Waals surface area contributed by atoms with Gasteiger partial charge in [-0.15, -0.1) is 5.10 Å². The lowest BCUT2D eigenvalue weighted by atomic mass is 10.0. The molecule has 0 unspecified atom stereocenters. The quantitative estimate of drug-likeness (QED) is 0.517. The van der Waals surface area contributed by atoms with E-state index in [4.69, 9.17) is 11.6 Å². The van der Waals surface area contributed by atoms with Crippen LogP contribution in [-0.4, -0.2) is 87.8 Å². The average molecular weight is 504 g/mol. The van der Waals surface area contributed by atoms with Crippen LogP contribution in [0.3, 0.4) is 0 Å². The van der Waals surface area contributed by atoms with Crippen LogP contribution in [0.15, 0.2) is 18.3 Å². The van der Waals surface area contributed by atoms with Crippen LogP contribution in [-0.2, 0) is 0 Å². The van der Waals surface area contributed by atoms with Crippen molar-refractivity contribution in [3.05, 3.63) is 34.6 Å². The number of piperazine rings is 1. The lowest BCUT2D eigenvalue weighted by Gasteiger charge is -2.49. The number of fused-ring (bicyclic) bond motifs is 1. The molecule has 0 spiro atoms. The Hall–Kier alpha value is -3.64. The van der Waals surface area contributed by atoms with Crippen molar-refractivity contribution in [2.75, 3.05) is 61.8 Å². The van der Waals surface area contributed by atoms with Gasteiger partial charge in [0.15, 0.2) is 17.2 Å². The fourth-order valence-corrected chi connectivity index (χ4v) is 4.99. The molecule has 0 amide bonds. The van der Waals surface area contributed by atoms with Gasteiger partial charge in [0.1, 0.15) is 6.07 Å². The van der Waals surface area contributed by atoms with E-state index >= 15 is 0 Å². The number of halogens is 1. The molecule has 11 nitrogen and oxygen atoms in total. The minimum absolute atomic E-state index is 0.266. The van der Waals surface area contributed by atoms with Crippen LogP contribution in [0, 0.1) is 22.7 Å². The van der Waals surface area contributed by atoms with Crippen molar-refractivity contribution < 1.29 is 0 Å². The minimum Gasteiger partial charge on any atom is -0.367 e. The molecule has 6 rings (SSSR count). The fraction of sp³-hybridized carbons (Fsp3) is 0.458. The number of nitrogens with one attached hydrogen (secondary N) is 2. The number of hydrogen-bond donors (Lipinski definition) is 2. The first-order valence-corrected chi connectivity index (χ1v) is 12.5. The molecule has 3 aromatic rings. The molecule has 2 saturated heterocycles. The van der Waals surface area contributed by atoms with Crippen molar-refractivity contribution in [2.24, 2.45) is 0 Å².